The highest BCUT2D eigenvalue weighted by Gasteiger charge is 2.36. The molecule has 10 aromatic rings. The molecule has 0 radical (unpaired) electrons. The molecule has 55 heavy (non-hydrogen) atoms. The maximum atomic E-state index is 6.26. The van der Waals surface area contributed by atoms with Gasteiger partial charge in [-0.2, -0.15) is 0 Å². The van der Waals surface area contributed by atoms with Crippen molar-refractivity contribution in [2.75, 3.05) is 0 Å². The third-order valence-corrected chi connectivity index (χ3v) is 11.3. The van der Waals surface area contributed by atoms with Crippen molar-refractivity contribution in [1.82, 2.24) is 9.97 Å². The maximum absolute atomic E-state index is 6.26. The molecule has 0 spiro atoms. The molecular weight excluding hydrogens is 673 g/mol. The molecule has 0 amide bonds. The standard InChI is InChI=1S/C51H34N2O2/c1-51(2)43-30-37(21-22-41(43)42-28-35-11-3-4-12-36(35)29-44(42)51)33-15-9-13-31(23-33)32-14-10-16-34(24-32)38-25-39(49-52-45-17-5-7-19-47(45)54-49)27-40(26-38)50-53-46-18-6-8-20-48(46)55-50/h3-30H,1-2H3. The molecule has 0 unspecified atom stereocenters. The molecule has 2 aromatic heterocycles. The third-order valence-electron chi connectivity index (χ3n) is 11.3. The molecule has 0 saturated carbocycles. The van der Waals surface area contributed by atoms with E-state index in [4.69, 9.17) is 18.8 Å². The van der Waals surface area contributed by atoms with Crippen LogP contribution in [0.3, 0.4) is 0 Å². The van der Waals surface area contributed by atoms with Crippen LogP contribution in [-0.4, -0.2) is 9.97 Å². The van der Waals surface area contributed by atoms with Crippen LogP contribution < -0.4 is 0 Å². The lowest BCUT2D eigenvalue weighted by molar-refractivity contribution is 0.617. The van der Waals surface area contributed by atoms with Gasteiger partial charge in [0.15, 0.2) is 11.2 Å². The van der Waals surface area contributed by atoms with E-state index in [0.29, 0.717) is 11.8 Å². The van der Waals surface area contributed by atoms with Gasteiger partial charge in [0, 0.05) is 16.5 Å². The number of hydrogen-bond acceptors (Lipinski definition) is 4. The second-order valence-electron chi connectivity index (χ2n) is 15.1. The van der Waals surface area contributed by atoms with Crippen LogP contribution in [0.5, 0.6) is 0 Å². The number of nitrogens with zero attached hydrogens (tertiary/aromatic N) is 2. The highest BCUT2D eigenvalue weighted by Crippen LogP contribution is 2.51. The Morgan fingerprint density at radius 1 is 0.364 bits per heavy atom. The molecule has 1 aliphatic rings. The summed E-state index contributed by atoms with van der Waals surface area (Å²) in [6, 6.07) is 60.0. The second kappa shape index (κ2) is 12.0. The van der Waals surface area contributed by atoms with Crippen molar-refractivity contribution < 1.29 is 8.83 Å². The lowest BCUT2D eigenvalue weighted by Gasteiger charge is -2.22. The van der Waals surface area contributed by atoms with Gasteiger partial charge in [0.25, 0.3) is 0 Å². The summed E-state index contributed by atoms with van der Waals surface area (Å²) < 4.78 is 12.5. The Bertz CT molecular complexity index is 2990. The Morgan fingerprint density at radius 3 is 1.40 bits per heavy atom. The molecule has 0 fully saturated rings. The van der Waals surface area contributed by atoms with E-state index >= 15 is 0 Å². The summed E-state index contributed by atoms with van der Waals surface area (Å²) in [4.78, 5) is 9.67. The maximum Gasteiger partial charge on any atom is 0.227 e. The summed E-state index contributed by atoms with van der Waals surface area (Å²) in [5.74, 6) is 1.11. The largest absolute Gasteiger partial charge is 0.436 e. The van der Waals surface area contributed by atoms with Crippen LogP contribution >= 0.6 is 0 Å². The predicted molar refractivity (Wildman–Crippen MR) is 224 cm³/mol. The first-order chi connectivity index (χ1) is 26.9. The first-order valence-corrected chi connectivity index (χ1v) is 18.7. The van der Waals surface area contributed by atoms with E-state index in [1.165, 1.54) is 44.2 Å². The van der Waals surface area contributed by atoms with Crippen LogP contribution in [0, 0.1) is 0 Å². The Labute approximate surface area is 318 Å². The van der Waals surface area contributed by atoms with E-state index in [1.54, 1.807) is 0 Å². The Hall–Kier alpha value is -7.04. The predicted octanol–water partition coefficient (Wildman–Crippen LogP) is 13.8. The van der Waals surface area contributed by atoms with Gasteiger partial charge >= 0.3 is 0 Å². The molecule has 4 nitrogen and oxygen atoms in total. The van der Waals surface area contributed by atoms with Gasteiger partial charge in [-0.1, -0.05) is 111 Å². The molecule has 1 aliphatic carbocycles. The fourth-order valence-electron chi connectivity index (χ4n) is 8.39. The Morgan fingerprint density at radius 2 is 0.818 bits per heavy atom. The topological polar surface area (TPSA) is 52.1 Å². The number of fused-ring (bicyclic) bond motifs is 6. The molecule has 0 bridgehead atoms. The number of aromatic nitrogens is 2. The van der Waals surface area contributed by atoms with Gasteiger partial charge in [-0.3, -0.25) is 0 Å². The fourth-order valence-corrected chi connectivity index (χ4v) is 8.39. The van der Waals surface area contributed by atoms with Crippen LogP contribution in [0.2, 0.25) is 0 Å². The molecule has 0 saturated heterocycles. The van der Waals surface area contributed by atoms with Crippen molar-refractivity contribution >= 4 is 33.0 Å². The minimum Gasteiger partial charge on any atom is -0.436 e. The SMILES string of the molecule is CC1(C)c2cc(-c3cccc(-c4cccc(-c5cc(-c6nc7ccccc7o6)cc(-c6nc7ccccc7o6)c5)c4)c3)ccc2-c2cc3ccccc3cc21. The average Bonchev–Trinajstić information content (AvgIpc) is 3.93. The van der Waals surface area contributed by atoms with Crippen molar-refractivity contribution in [1.29, 1.82) is 0 Å². The molecule has 2 heterocycles. The van der Waals surface area contributed by atoms with Crippen LogP contribution in [0.15, 0.2) is 179 Å². The molecular formula is C51H34N2O2. The summed E-state index contributed by atoms with van der Waals surface area (Å²) in [6.45, 7) is 4.71. The van der Waals surface area contributed by atoms with E-state index in [0.717, 1.165) is 55.6 Å². The zero-order valence-corrected chi connectivity index (χ0v) is 30.4. The molecule has 0 aliphatic heterocycles. The Kier molecular flexibility index (Phi) is 6.86. The van der Waals surface area contributed by atoms with Gasteiger partial charge in [0.05, 0.1) is 0 Å². The smallest absolute Gasteiger partial charge is 0.227 e. The van der Waals surface area contributed by atoms with Crippen LogP contribution in [-0.2, 0) is 5.41 Å². The number of oxazole rings is 2. The fraction of sp³-hybridized carbons (Fsp3) is 0.0588. The van der Waals surface area contributed by atoms with Gasteiger partial charge in [-0.15, -0.1) is 0 Å². The lowest BCUT2D eigenvalue weighted by atomic mass is 9.81. The van der Waals surface area contributed by atoms with Gasteiger partial charge in [-0.05, 0) is 139 Å². The van der Waals surface area contributed by atoms with Gasteiger partial charge in [0.1, 0.15) is 11.0 Å². The number of hydrogen-bond donors (Lipinski definition) is 0. The van der Waals surface area contributed by atoms with Crippen molar-refractivity contribution in [3.8, 4) is 67.4 Å². The Balaban J connectivity index is 0.983. The van der Waals surface area contributed by atoms with Crippen molar-refractivity contribution in [3.63, 3.8) is 0 Å². The van der Waals surface area contributed by atoms with Gasteiger partial charge < -0.3 is 8.83 Å². The zero-order valence-electron chi connectivity index (χ0n) is 30.4. The summed E-state index contributed by atoms with van der Waals surface area (Å²) in [6.07, 6.45) is 0. The van der Waals surface area contributed by atoms with Crippen LogP contribution in [0.25, 0.3) is 100 Å². The average molecular weight is 707 g/mol. The molecule has 11 rings (SSSR count). The summed E-state index contributed by atoms with van der Waals surface area (Å²) in [5.41, 5.74) is 17.0. The molecule has 0 atom stereocenters. The molecule has 8 aromatic carbocycles. The van der Waals surface area contributed by atoms with Crippen molar-refractivity contribution in [2.24, 2.45) is 0 Å². The lowest BCUT2D eigenvalue weighted by Crippen LogP contribution is -2.15. The minimum absolute atomic E-state index is 0.0974. The zero-order chi connectivity index (χ0) is 36.7. The van der Waals surface area contributed by atoms with Crippen LogP contribution in [0.1, 0.15) is 25.0 Å². The quantitative estimate of drug-likeness (QED) is 0.179. The van der Waals surface area contributed by atoms with Gasteiger partial charge in [-0.25, -0.2) is 9.97 Å². The molecule has 4 heteroatoms. The van der Waals surface area contributed by atoms with E-state index < -0.39 is 0 Å². The summed E-state index contributed by atoms with van der Waals surface area (Å²) in [5, 5.41) is 2.57. The highest BCUT2D eigenvalue weighted by atomic mass is 16.4. The van der Waals surface area contributed by atoms with Crippen molar-refractivity contribution in [3.05, 3.63) is 181 Å². The highest BCUT2D eigenvalue weighted by molar-refractivity contribution is 5.94. The first kappa shape index (κ1) is 31.5. The third kappa shape index (κ3) is 5.21. The second-order valence-corrected chi connectivity index (χ2v) is 15.1. The summed E-state index contributed by atoms with van der Waals surface area (Å²) >= 11 is 0. The van der Waals surface area contributed by atoms with E-state index in [-0.39, 0.29) is 5.41 Å². The van der Waals surface area contributed by atoms with Crippen LogP contribution in [0.4, 0.5) is 0 Å². The number of benzene rings is 8. The van der Waals surface area contributed by atoms with E-state index in [9.17, 15) is 0 Å². The van der Waals surface area contributed by atoms with E-state index in [2.05, 4.69) is 129 Å². The van der Waals surface area contributed by atoms with Gasteiger partial charge in [0.2, 0.25) is 11.8 Å². The first-order valence-electron chi connectivity index (χ1n) is 18.7. The normalized spacial score (nSPS) is 13.1. The van der Waals surface area contributed by atoms with Crippen molar-refractivity contribution in [2.45, 2.75) is 19.3 Å². The molecule has 260 valence electrons. The minimum atomic E-state index is -0.0974. The van der Waals surface area contributed by atoms with E-state index in [1.807, 2.05) is 54.6 Å². The number of para-hydroxylation sites is 4. The monoisotopic (exact) mass is 706 g/mol. The molecule has 0 N–H and O–H groups in total. The number of rotatable bonds is 5. The summed E-state index contributed by atoms with van der Waals surface area (Å²) in [7, 11) is 0.